The number of anilines is 2. The Hall–Kier alpha value is -4.33. The fourth-order valence-corrected chi connectivity index (χ4v) is 2.79. The number of nitrogens with zero attached hydrogens (tertiary/aromatic N) is 3. The van der Waals surface area contributed by atoms with Crippen molar-refractivity contribution in [3.63, 3.8) is 0 Å². The second kappa shape index (κ2) is 8.36. The van der Waals surface area contributed by atoms with Gasteiger partial charge in [-0.25, -0.2) is 9.07 Å². The molecule has 30 heavy (non-hydrogen) atoms. The van der Waals surface area contributed by atoms with Crippen molar-refractivity contribution in [1.82, 2.24) is 14.8 Å². The molecule has 0 bridgehead atoms. The molecule has 0 aliphatic rings. The molecule has 4 rings (SSSR count). The summed E-state index contributed by atoms with van der Waals surface area (Å²) in [5.74, 6) is -1.46. The van der Waals surface area contributed by atoms with Crippen LogP contribution in [0.25, 0.3) is 5.69 Å². The Labute approximate surface area is 171 Å². The molecular formula is C22H16FN5O2. The van der Waals surface area contributed by atoms with Gasteiger partial charge in [0.1, 0.15) is 11.5 Å². The van der Waals surface area contributed by atoms with Crippen molar-refractivity contribution in [1.29, 1.82) is 0 Å². The van der Waals surface area contributed by atoms with E-state index < -0.39 is 17.6 Å². The van der Waals surface area contributed by atoms with Gasteiger partial charge < -0.3 is 10.6 Å². The molecule has 2 N–H and O–H groups in total. The highest BCUT2D eigenvalue weighted by Gasteiger charge is 2.14. The van der Waals surface area contributed by atoms with Gasteiger partial charge in [0.2, 0.25) is 0 Å². The van der Waals surface area contributed by atoms with E-state index in [1.165, 1.54) is 18.3 Å². The summed E-state index contributed by atoms with van der Waals surface area (Å²) in [7, 11) is 0. The van der Waals surface area contributed by atoms with E-state index >= 15 is 0 Å². The lowest BCUT2D eigenvalue weighted by Gasteiger charge is -2.13. The molecular weight excluding hydrogens is 385 g/mol. The van der Waals surface area contributed by atoms with Gasteiger partial charge in [0.25, 0.3) is 11.8 Å². The molecule has 0 unspecified atom stereocenters. The Balaban J connectivity index is 1.53. The molecule has 2 amide bonds. The number of pyridine rings is 1. The minimum atomic E-state index is -0.546. The predicted octanol–water partition coefficient (Wildman–Crippen LogP) is 3.91. The summed E-state index contributed by atoms with van der Waals surface area (Å²) < 4.78 is 15.5. The first-order chi connectivity index (χ1) is 14.6. The number of carbonyl (C=O) groups excluding carboxylic acids is 2. The van der Waals surface area contributed by atoms with Crippen molar-refractivity contribution in [2.24, 2.45) is 0 Å². The van der Waals surface area contributed by atoms with Gasteiger partial charge >= 0.3 is 0 Å². The van der Waals surface area contributed by atoms with Gasteiger partial charge in [-0.05, 0) is 60.7 Å². The van der Waals surface area contributed by atoms with E-state index in [0.717, 1.165) is 11.8 Å². The first-order valence-electron chi connectivity index (χ1n) is 9.03. The van der Waals surface area contributed by atoms with Gasteiger partial charge in [-0.15, -0.1) is 0 Å². The van der Waals surface area contributed by atoms with Crippen LogP contribution >= 0.6 is 0 Å². The van der Waals surface area contributed by atoms with Crippen LogP contribution in [0, 0.1) is 5.82 Å². The number of halogens is 1. The van der Waals surface area contributed by atoms with E-state index in [1.54, 1.807) is 65.6 Å². The molecule has 0 saturated heterocycles. The molecule has 0 aliphatic heterocycles. The average Bonchev–Trinajstić information content (AvgIpc) is 3.31. The van der Waals surface area contributed by atoms with E-state index in [4.69, 9.17) is 0 Å². The zero-order valence-corrected chi connectivity index (χ0v) is 15.6. The van der Waals surface area contributed by atoms with Gasteiger partial charge in [0, 0.05) is 24.2 Å². The molecule has 0 radical (unpaired) electrons. The van der Waals surface area contributed by atoms with Crippen LogP contribution < -0.4 is 10.6 Å². The Bertz CT molecular complexity index is 1180. The highest BCUT2D eigenvalue weighted by atomic mass is 19.1. The van der Waals surface area contributed by atoms with Gasteiger partial charge in [-0.1, -0.05) is 6.07 Å². The van der Waals surface area contributed by atoms with Crippen LogP contribution in [0.1, 0.15) is 20.8 Å². The number of rotatable bonds is 5. The summed E-state index contributed by atoms with van der Waals surface area (Å²) in [5, 5.41) is 9.42. The topological polar surface area (TPSA) is 88.9 Å². The van der Waals surface area contributed by atoms with Gasteiger partial charge in [-0.2, -0.15) is 5.10 Å². The van der Waals surface area contributed by atoms with Crippen LogP contribution in [0.4, 0.5) is 15.8 Å². The van der Waals surface area contributed by atoms with E-state index in [-0.39, 0.29) is 17.1 Å². The fraction of sp³-hybridized carbons (Fsp3) is 0. The van der Waals surface area contributed by atoms with Crippen LogP contribution in [0.5, 0.6) is 0 Å². The molecule has 8 heteroatoms. The molecule has 7 nitrogen and oxygen atoms in total. The molecule has 2 heterocycles. The number of hydrogen-bond donors (Lipinski definition) is 2. The second-order valence-corrected chi connectivity index (χ2v) is 6.31. The second-order valence-electron chi connectivity index (χ2n) is 6.31. The molecule has 0 atom stereocenters. The number of carbonyl (C=O) groups is 2. The zero-order chi connectivity index (χ0) is 20.9. The number of nitrogens with one attached hydrogen (secondary N) is 2. The monoisotopic (exact) mass is 401 g/mol. The van der Waals surface area contributed by atoms with Gasteiger partial charge in [-0.3, -0.25) is 14.6 Å². The maximum Gasteiger partial charge on any atom is 0.274 e. The Kier molecular flexibility index (Phi) is 5.29. The average molecular weight is 401 g/mol. The Morgan fingerprint density at radius 1 is 0.833 bits per heavy atom. The smallest absolute Gasteiger partial charge is 0.274 e. The highest BCUT2D eigenvalue weighted by molar-refractivity contribution is 6.09. The fourth-order valence-electron chi connectivity index (χ4n) is 2.79. The van der Waals surface area contributed by atoms with Crippen LogP contribution in [-0.2, 0) is 0 Å². The molecule has 4 aromatic rings. The number of amides is 2. The summed E-state index contributed by atoms with van der Waals surface area (Å²) in [4.78, 5) is 29.0. The van der Waals surface area contributed by atoms with Crippen molar-refractivity contribution in [2.45, 2.75) is 0 Å². The SMILES string of the molecule is O=C(Nc1cc(F)ccc1NC(=O)c1ccccn1)c1ccc(-n2cccn2)cc1. The van der Waals surface area contributed by atoms with Crippen LogP contribution in [0.15, 0.2) is 85.3 Å². The summed E-state index contributed by atoms with van der Waals surface area (Å²) in [6, 6.07) is 17.2. The van der Waals surface area contributed by atoms with Gasteiger partial charge in [0.05, 0.1) is 17.1 Å². The maximum absolute atomic E-state index is 13.8. The zero-order valence-electron chi connectivity index (χ0n) is 15.6. The summed E-state index contributed by atoms with van der Waals surface area (Å²) in [6.45, 7) is 0. The third kappa shape index (κ3) is 4.22. The van der Waals surface area contributed by atoms with E-state index in [1.807, 2.05) is 0 Å². The Morgan fingerprint density at radius 3 is 2.33 bits per heavy atom. The predicted molar refractivity (Wildman–Crippen MR) is 110 cm³/mol. The minimum Gasteiger partial charge on any atom is -0.320 e. The van der Waals surface area contributed by atoms with Crippen molar-refractivity contribution in [3.05, 3.63) is 102 Å². The van der Waals surface area contributed by atoms with E-state index in [2.05, 4.69) is 20.7 Å². The van der Waals surface area contributed by atoms with Crippen molar-refractivity contribution >= 4 is 23.2 Å². The highest BCUT2D eigenvalue weighted by Crippen LogP contribution is 2.24. The largest absolute Gasteiger partial charge is 0.320 e. The quantitative estimate of drug-likeness (QED) is 0.531. The van der Waals surface area contributed by atoms with E-state index in [0.29, 0.717) is 5.56 Å². The molecule has 148 valence electrons. The Morgan fingerprint density at radius 2 is 1.63 bits per heavy atom. The lowest BCUT2D eigenvalue weighted by Crippen LogP contribution is -2.17. The maximum atomic E-state index is 13.8. The third-order valence-electron chi connectivity index (χ3n) is 4.27. The lowest BCUT2D eigenvalue weighted by molar-refractivity contribution is 0.101. The first kappa shape index (κ1) is 19.0. The van der Waals surface area contributed by atoms with Gasteiger partial charge in [0.15, 0.2) is 0 Å². The van der Waals surface area contributed by atoms with Crippen LogP contribution in [0.3, 0.4) is 0 Å². The molecule has 0 aliphatic carbocycles. The summed E-state index contributed by atoms with van der Waals surface area (Å²) >= 11 is 0. The van der Waals surface area contributed by atoms with Crippen molar-refractivity contribution in [2.75, 3.05) is 10.6 Å². The molecule has 2 aromatic carbocycles. The number of aromatic nitrogens is 3. The molecule has 0 saturated carbocycles. The van der Waals surface area contributed by atoms with Crippen LogP contribution in [0.2, 0.25) is 0 Å². The standard InChI is InChI=1S/C22H16FN5O2/c23-16-7-10-18(26-22(30)19-4-1-2-11-24-19)20(14-16)27-21(29)15-5-8-17(9-6-15)28-13-3-12-25-28/h1-14H,(H,26,30)(H,27,29). The number of benzene rings is 2. The lowest BCUT2D eigenvalue weighted by atomic mass is 10.1. The molecule has 0 fully saturated rings. The third-order valence-corrected chi connectivity index (χ3v) is 4.27. The van der Waals surface area contributed by atoms with Crippen molar-refractivity contribution < 1.29 is 14.0 Å². The first-order valence-corrected chi connectivity index (χ1v) is 9.03. The number of hydrogen-bond acceptors (Lipinski definition) is 4. The normalized spacial score (nSPS) is 10.4. The molecule has 2 aromatic heterocycles. The van der Waals surface area contributed by atoms with Crippen molar-refractivity contribution in [3.8, 4) is 5.69 Å². The summed E-state index contributed by atoms with van der Waals surface area (Å²) in [6.07, 6.45) is 4.94. The summed E-state index contributed by atoms with van der Waals surface area (Å²) in [5.41, 5.74) is 1.77. The molecule has 0 spiro atoms. The minimum absolute atomic E-state index is 0.139. The van der Waals surface area contributed by atoms with E-state index in [9.17, 15) is 14.0 Å². The van der Waals surface area contributed by atoms with Crippen LogP contribution in [-0.4, -0.2) is 26.6 Å².